The zero-order chi connectivity index (χ0) is 20.7. The lowest BCUT2D eigenvalue weighted by molar-refractivity contribution is -0.146. The number of ether oxygens (including phenoxy) is 1. The van der Waals surface area contributed by atoms with Gasteiger partial charge in [0, 0.05) is 5.56 Å². The maximum absolute atomic E-state index is 13.5. The number of benzene rings is 2. The summed E-state index contributed by atoms with van der Waals surface area (Å²) in [5, 5.41) is 2.43. The lowest BCUT2D eigenvalue weighted by Gasteiger charge is -2.10. The van der Waals surface area contributed by atoms with Crippen LogP contribution in [0, 0.1) is 5.82 Å². The number of ketones is 1. The first-order valence-corrected chi connectivity index (χ1v) is 9.48. The van der Waals surface area contributed by atoms with Crippen LogP contribution >= 0.6 is 0 Å². The molecule has 0 bridgehead atoms. The Morgan fingerprint density at radius 3 is 2.36 bits per heavy atom. The number of carbonyl (C=O) groups is 3. The molecule has 0 saturated carbocycles. The van der Waals surface area contributed by atoms with Crippen molar-refractivity contribution in [3.63, 3.8) is 0 Å². The summed E-state index contributed by atoms with van der Waals surface area (Å²) in [4.78, 5) is 34.4. The molecule has 2 rings (SSSR count). The molecule has 0 saturated heterocycles. The Bertz CT molecular complexity index is 1010. The number of halogens is 1. The maximum atomic E-state index is 13.5. The third-order valence-corrected chi connectivity index (χ3v) is 4.91. The van der Waals surface area contributed by atoms with E-state index in [1.165, 1.54) is 31.2 Å². The highest BCUT2D eigenvalue weighted by atomic mass is 32.2. The number of Topliss-reactive ketones (excluding diaryl/α,β-unsaturated/α-hetero) is 1. The van der Waals surface area contributed by atoms with Crippen LogP contribution in [0.4, 0.5) is 10.1 Å². The van der Waals surface area contributed by atoms with Crippen LogP contribution in [0.15, 0.2) is 53.4 Å². The molecule has 0 aliphatic carbocycles. The first-order chi connectivity index (χ1) is 13.2. The van der Waals surface area contributed by atoms with Crippen LogP contribution in [-0.4, -0.2) is 39.2 Å². The minimum Gasteiger partial charge on any atom is -0.455 e. The number of amides is 1. The average molecular weight is 408 g/mol. The smallest absolute Gasteiger partial charge is 0.321 e. The number of esters is 1. The Labute approximate surface area is 160 Å². The minimum absolute atomic E-state index is 0.254. The van der Waals surface area contributed by atoms with E-state index in [1.807, 2.05) is 4.72 Å². The molecular formula is C18H17FN2O6S. The van der Waals surface area contributed by atoms with Gasteiger partial charge in [-0.3, -0.25) is 14.4 Å². The SMILES string of the molecule is CC(=O)c1ccccc1NC(=O)COC(=O)CNS(=O)(=O)c1ccccc1F. The van der Waals surface area contributed by atoms with Crippen molar-refractivity contribution < 1.29 is 31.9 Å². The highest BCUT2D eigenvalue weighted by molar-refractivity contribution is 7.89. The monoisotopic (exact) mass is 408 g/mol. The fourth-order valence-corrected chi connectivity index (χ4v) is 3.22. The first kappa shape index (κ1) is 21.2. The first-order valence-electron chi connectivity index (χ1n) is 8.00. The third kappa shape index (κ3) is 5.69. The average Bonchev–Trinajstić information content (AvgIpc) is 2.65. The highest BCUT2D eigenvalue weighted by Gasteiger charge is 2.20. The predicted octanol–water partition coefficient (Wildman–Crippen LogP) is 1.49. The molecule has 0 heterocycles. The van der Waals surface area contributed by atoms with Crippen LogP contribution in [0.3, 0.4) is 0 Å². The van der Waals surface area contributed by atoms with Crippen LogP contribution in [0.5, 0.6) is 0 Å². The topological polar surface area (TPSA) is 119 Å². The van der Waals surface area contributed by atoms with Gasteiger partial charge in [-0.25, -0.2) is 12.8 Å². The fraction of sp³-hybridized carbons (Fsp3) is 0.167. The molecule has 0 unspecified atom stereocenters. The summed E-state index contributed by atoms with van der Waals surface area (Å²) in [5.41, 5.74) is 0.552. The van der Waals surface area contributed by atoms with Gasteiger partial charge in [0.05, 0.1) is 5.69 Å². The van der Waals surface area contributed by atoms with Gasteiger partial charge in [-0.15, -0.1) is 0 Å². The van der Waals surface area contributed by atoms with Crippen molar-refractivity contribution in [2.75, 3.05) is 18.5 Å². The standard InChI is InChI=1S/C18H17FN2O6S/c1-12(22)13-6-2-4-8-15(13)21-17(23)11-27-18(24)10-20-28(25,26)16-9-5-3-7-14(16)19/h2-9,20H,10-11H2,1H3,(H,21,23). The van der Waals surface area contributed by atoms with Crippen molar-refractivity contribution in [2.24, 2.45) is 0 Å². The molecule has 0 radical (unpaired) electrons. The van der Waals surface area contributed by atoms with Gasteiger partial charge in [0.2, 0.25) is 10.0 Å². The molecule has 28 heavy (non-hydrogen) atoms. The number of carbonyl (C=O) groups excluding carboxylic acids is 3. The van der Waals surface area contributed by atoms with Crippen molar-refractivity contribution in [1.29, 1.82) is 0 Å². The van der Waals surface area contributed by atoms with Crippen molar-refractivity contribution in [2.45, 2.75) is 11.8 Å². The number of anilines is 1. The van der Waals surface area contributed by atoms with Gasteiger partial charge in [-0.2, -0.15) is 4.72 Å². The van der Waals surface area contributed by atoms with Crippen molar-refractivity contribution in [3.05, 3.63) is 59.9 Å². The second-order valence-corrected chi connectivity index (χ2v) is 7.30. The zero-order valence-electron chi connectivity index (χ0n) is 14.8. The van der Waals surface area contributed by atoms with Gasteiger partial charge in [-0.05, 0) is 31.2 Å². The summed E-state index contributed by atoms with van der Waals surface area (Å²) in [7, 11) is -4.25. The van der Waals surface area contributed by atoms with Crippen LogP contribution < -0.4 is 10.0 Å². The Morgan fingerprint density at radius 1 is 1.04 bits per heavy atom. The Hall–Kier alpha value is -3.11. The molecular weight excluding hydrogens is 391 g/mol. The van der Waals surface area contributed by atoms with E-state index in [1.54, 1.807) is 12.1 Å². The summed E-state index contributed by atoms with van der Waals surface area (Å²) in [6.07, 6.45) is 0. The molecule has 0 fully saturated rings. The van der Waals surface area contributed by atoms with Crippen LogP contribution in [0.25, 0.3) is 0 Å². The van der Waals surface area contributed by atoms with Gasteiger partial charge in [0.25, 0.3) is 5.91 Å². The van der Waals surface area contributed by atoms with E-state index in [4.69, 9.17) is 0 Å². The minimum atomic E-state index is -4.25. The lowest BCUT2D eigenvalue weighted by Crippen LogP contribution is -2.32. The molecule has 0 atom stereocenters. The second kappa shape index (κ2) is 9.20. The van der Waals surface area contributed by atoms with Crippen LogP contribution in [-0.2, 0) is 24.3 Å². The largest absolute Gasteiger partial charge is 0.455 e. The second-order valence-electron chi connectivity index (χ2n) is 5.57. The molecule has 0 spiro atoms. The number of para-hydroxylation sites is 1. The van der Waals surface area contributed by atoms with Gasteiger partial charge >= 0.3 is 5.97 Å². The molecule has 1 amide bonds. The number of rotatable bonds is 8. The van der Waals surface area contributed by atoms with E-state index in [2.05, 4.69) is 10.1 Å². The molecule has 2 aromatic rings. The zero-order valence-corrected chi connectivity index (χ0v) is 15.6. The van der Waals surface area contributed by atoms with E-state index < -0.39 is 45.8 Å². The Kier molecular flexibility index (Phi) is 6.96. The van der Waals surface area contributed by atoms with E-state index in [-0.39, 0.29) is 11.5 Å². The van der Waals surface area contributed by atoms with Crippen molar-refractivity contribution in [1.82, 2.24) is 4.72 Å². The maximum Gasteiger partial charge on any atom is 0.321 e. The lowest BCUT2D eigenvalue weighted by atomic mass is 10.1. The normalized spacial score (nSPS) is 10.9. The molecule has 2 aromatic carbocycles. The number of hydrogen-bond donors (Lipinski definition) is 2. The van der Waals surface area contributed by atoms with E-state index in [0.29, 0.717) is 5.56 Å². The van der Waals surface area contributed by atoms with E-state index in [0.717, 1.165) is 12.1 Å². The summed E-state index contributed by atoms with van der Waals surface area (Å²) < 4.78 is 44.1. The molecule has 2 N–H and O–H groups in total. The fourth-order valence-electron chi connectivity index (χ4n) is 2.18. The Morgan fingerprint density at radius 2 is 1.68 bits per heavy atom. The number of nitrogens with one attached hydrogen (secondary N) is 2. The highest BCUT2D eigenvalue weighted by Crippen LogP contribution is 2.15. The molecule has 148 valence electrons. The van der Waals surface area contributed by atoms with Crippen molar-refractivity contribution >= 4 is 33.4 Å². The van der Waals surface area contributed by atoms with Crippen molar-refractivity contribution in [3.8, 4) is 0 Å². The van der Waals surface area contributed by atoms with Gasteiger partial charge < -0.3 is 10.1 Å². The van der Waals surface area contributed by atoms with E-state index in [9.17, 15) is 27.2 Å². The Balaban J connectivity index is 1.87. The van der Waals surface area contributed by atoms with E-state index >= 15 is 0 Å². The number of hydrogen-bond acceptors (Lipinski definition) is 6. The molecule has 8 nitrogen and oxygen atoms in total. The number of sulfonamides is 1. The third-order valence-electron chi connectivity index (χ3n) is 3.48. The molecule has 0 aliphatic rings. The molecule has 0 aliphatic heterocycles. The van der Waals surface area contributed by atoms with Gasteiger partial charge in [-0.1, -0.05) is 24.3 Å². The predicted molar refractivity (Wildman–Crippen MR) is 97.6 cm³/mol. The molecule has 10 heteroatoms. The summed E-state index contributed by atoms with van der Waals surface area (Å²) in [6, 6.07) is 11.0. The summed E-state index contributed by atoms with van der Waals surface area (Å²) in [5.74, 6) is -2.96. The van der Waals surface area contributed by atoms with Crippen LogP contribution in [0.2, 0.25) is 0 Å². The quantitative estimate of drug-likeness (QED) is 0.505. The summed E-state index contributed by atoms with van der Waals surface area (Å²) >= 11 is 0. The van der Waals surface area contributed by atoms with Crippen LogP contribution in [0.1, 0.15) is 17.3 Å². The molecule has 0 aromatic heterocycles. The van der Waals surface area contributed by atoms with Gasteiger partial charge in [0.1, 0.15) is 17.3 Å². The van der Waals surface area contributed by atoms with Gasteiger partial charge in [0.15, 0.2) is 12.4 Å². The summed E-state index contributed by atoms with van der Waals surface area (Å²) in [6.45, 7) is -0.132.